The van der Waals surface area contributed by atoms with Gasteiger partial charge in [0.25, 0.3) is 5.56 Å². The van der Waals surface area contributed by atoms with Gasteiger partial charge in [-0.05, 0) is 31.2 Å². The Morgan fingerprint density at radius 3 is 2.86 bits per heavy atom. The number of H-pyrrole nitrogens is 1. The lowest BCUT2D eigenvalue weighted by atomic mass is 9.98. The summed E-state index contributed by atoms with van der Waals surface area (Å²) in [5.74, 6) is -0.313. The fourth-order valence-electron chi connectivity index (χ4n) is 3.77. The minimum atomic E-state index is -0.770. The van der Waals surface area contributed by atoms with E-state index in [0.29, 0.717) is 30.8 Å². The Labute approximate surface area is 161 Å². The van der Waals surface area contributed by atoms with Gasteiger partial charge >= 0.3 is 0 Å². The molecule has 0 bridgehead atoms. The first-order valence-corrected chi connectivity index (χ1v) is 9.58. The molecule has 4 rings (SSSR count). The number of imidazole rings is 1. The lowest BCUT2D eigenvalue weighted by molar-refractivity contribution is -0.126. The number of carbonyl (C=O) groups excluding carboxylic acids is 2. The van der Waals surface area contributed by atoms with Crippen molar-refractivity contribution in [3.8, 4) is 6.07 Å². The van der Waals surface area contributed by atoms with Crippen LogP contribution in [0.3, 0.4) is 0 Å². The Morgan fingerprint density at radius 1 is 1.36 bits per heavy atom. The van der Waals surface area contributed by atoms with Crippen LogP contribution in [0.2, 0.25) is 0 Å². The molecule has 9 nitrogen and oxygen atoms in total. The summed E-state index contributed by atoms with van der Waals surface area (Å²) in [6.45, 7) is 0.596. The van der Waals surface area contributed by atoms with Gasteiger partial charge in [0.2, 0.25) is 11.8 Å². The maximum atomic E-state index is 13.0. The van der Waals surface area contributed by atoms with Gasteiger partial charge in [-0.25, -0.2) is 4.98 Å². The molecule has 3 heterocycles. The average molecular weight is 382 g/mol. The highest BCUT2D eigenvalue weighted by atomic mass is 16.2. The number of amides is 2. The summed E-state index contributed by atoms with van der Waals surface area (Å²) in [5.41, 5.74) is 0.577. The summed E-state index contributed by atoms with van der Waals surface area (Å²) in [4.78, 5) is 44.5. The molecule has 2 amide bonds. The monoisotopic (exact) mass is 382 g/mol. The van der Waals surface area contributed by atoms with E-state index in [1.165, 1.54) is 10.9 Å². The first-order chi connectivity index (χ1) is 13.6. The van der Waals surface area contributed by atoms with Gasteiger partial charge < -0.3 is 20.2 Å². The molecule has 2 aliphatic rings. The third kappa shape index (κ3) is 3.63. The van der Waals surface area contributed by atoms with Gasteiger partial charge in [-0.15, -0.1) is 0 Å². The van der Waals surface area contributed by atoms with Crippen LogP contribution in [0, 0.1) is 23.2 Å². The molecule has 9 heteroatoms. The Hall–Kier alpha value is -3.15. The van der Waals surface area contributed by atoms with Gasteiger partial charge in [0.05, 0.1) is 17.9 Å². The topological polar surface area (TPSA) is 133 Å². The minimum absolute atomic E-state index is 0.0794. The molecule has 1 saturated heterocycles. The van der Waals surface area contributed by atoms with Crippen LogP contribution in [0.5, 0.6) is 0 Å². The molecule has 1 saturated carbocycles. The Bertz CT molecular complexity index is 999. The highest BCUT2D eigenvalue weighted by molar-refractivity contribution is 5.83. The summed E-state index contributed by atoms with van der Waals surface area (Å²) < 4.78 is 1.41. The van der Waals surface area contributed by atoms with Crippen molar-refractivity contribution in [2.75, 3.05) is 6.54 Å². The molecule has 3 atom stereocenters. The van der Waals surface area contributed by atoms with Crippen LogP contribution in [0.15, 0.2) is 23.4 Å². The zero-order valence-corrected chi connectivity index (χ0v) is 15.4. The zero-order valence-electron chi connectivity index (χ0n) is 15.4. The number of pyridine rings is 1. The maximum Gasteiger partial charge on any atom is 0.279 e. The number of hydrogen-bond acceptors (Lipinski definition) is 5. The number of nitriles is 1. The zero-order chi connectivity index (χ0) is 19.7. The first-order valence-electron chi connectivity index (χ1n) is 9.58. The van der Waals surface area contributed by atoms with Gasteiger partial charge in [0.15, 0.2) is 5.52 Å². The standard InChI is InChI=1S/C19H22N6O3/c20-9-13(8-12-3-5-21-17(12)26)24-18(27)15(7-11-1-2-11)25-6-4-14-16(19(25)28)23-10-22-14/h4,6,10-13,15H,1-3,5,7-8H2,(H,21,26)(H,22,23)(H,24,27)/t12-,13?,15?/m0/s1. The Morgan fingerprint density at radius 2 is 2.18 bits per heavy atom. The van der Waals surface area contributed by atoms with E-state index < -0.39 is 12.1 Å². The SMILES string of the molecule is N#CC(C[C@@H]1CCNC1=O)NC(=O)C(CC1CC1)n1ccc2[nH]cnc2c1=O. The van der Waals surface area contributed by atoms with E-state index in [0.717, 1.165) is 12.8 Å². The molecular formula is C19H22N6O3. The molecule has 3 N–H and O–H groups in total. The molecule has 0 aromatic carbocycles. The van der Waals surface area contributed by atoms with E-state index in [-0.39, 0.29) is 35.2 Å². The molecule has 2 unspecified atom stereocenters. The molecular weight excluding hydrogens is 360 g/mol. The highest BCUT2D eigenvalue weighted by Crippen LogP contribution is 2.36. The van der Waals surface area contributed by atoms with Crippen LogP contribution >= 0.6 is 0 Å². The predicted octanol–water partition coefficient (Wildman–Crippen LogP) is 0.600. The number of carbonyl (C=O) groups is 2. The second-order valence-electron chi connectivity index (χ2n) is 7.59. The van der Waals surface area contributed by atoms with Gasteiger partial charge in [0, 0.05) is 18.7 Å². The summed E-state index contributed by atoms with van der Waals surface area (Å²) in [6, 6.07) is 2.33. The third-order valence-electron chi connectivity index (χ3n) is 5.56. The van der Waals surface area contributed by atoms with Crippen LogP contribution in [0.25, 0.3) is 11.0 Å². The Balaban J connectivity index is 1.55. The molecule has 0 radical (unpaired) electrons. The van der Waals surface area contributed by atoms with E-state index in [2.05, 4.69) is 26.7 Å². The van der Waals surface area contributed by atoms with Crippen molar-refractivity contribution in [3.63, 3.8) is 0 Å². The van der Waals surface area contributed by atoms with E-state index >= 15 is 0 Å². The fourth-order valence-corrected chi connectivity index (χ4v) is 3.77. The second-order valence-corrected chi connectivity index (χ2v) is 7.59. The molecule has 2 fully saturated rings. The Kier molecular flexibility index (Phi) is 4.86. The van der Waals surface area contributed by atoms with Crippen molar-refractivity contribution < 1.29 is 9.59 Å². The molecule has 2 aromatic rings. The molecule has 2 aromatic heterocycles. The van der Waals surface area contributed by atoms with Crippen LogP contribution in [0.4, 0.5) is 0 Å². The lowest BCUT2D eigenvalue weighted by Gasteiger charge is -2.22. The van der Waals surface area contributed by atoms with E-state index in [1.807, 2.05) is 0 Å². The average Bonchev–Trinajstić information content (AvgIpc) is 3.21. The number of nitrogens with one attached hydrogen (secondary N) is 3. The molecule has 1 aliphatic carbocycles. The summed E-state index contributed by atoms with van der Waals surface area (Å²) in [5, 5.41) is 14.9. The van der Waals surface area contributed by atoms with E-state index in [9.17, 15) is 19.6 Å². The summed E-state index contributed by atoms with van der Waals surface area (Å²) in [7, 11) is 0. The largest absolute Gasteiger partial charge is 0.356 e. The second kappa shape index (κ2) is 7.46. The van der Waals surface area contributed by atoms with Gasteiger partial charge in [-0.1, -0.05) is 12.8 Å². The fraction of sp³-hybridized carbons (Fsp3) is 0.526. The number of aromatic amines is 1. The third-order valence-corrected chi connectivity index (χ3v) is 5.56. The smallest absolute Gasteiger partial charge is 0.279 e. The van der Waals surface area contributed by atoms with Crippen molar-refractivity contribution in [2.24, 2.45) is 11.8 Å². The number of aromatic nitrogens is 3. The van der Waals surface area contributed by atoms with E-state index in [1.54, 1.807) is 12.3 Å². The number of nitrogens with zero attached hydrogens (tertiary/aromatic N) is 3. The van der Waals surface area contributed by atoms with Crippen LogP contribution in [-0.4, -0.2) is 38.9 Å². The van der Waals surface area contributed by atoms with Crippen molar-refractivity contribution >= 4 is 22.8 Å². The van der Waals surface area contributed by atoms with Crippen LogP contribution < -0.4 is 16.2 Å². The van der Waals surface area contributed by atoms with Crippen molar-refractivity contribution in [3.05, 3.63) is 28.9 Å². The molecule has 0 spiro atoms. The van der Waals surface area contributed by atoms with Crippen LogP contribution in [-0.2, 0) is 9.59 Å². The first kappa shape index (κ1) is 18.2. The summed E-state index contributed by atoms with van der Waals surface area (Å²) >= 11 is 0. The number of rotatable bonds is 7. The molecule has 28 heavy (non-hydrogen) atoms. The summed E-state index contributed by atoms with van der Waals surface area (Å²) in [6.07, 6.45) is 6.60. The van der Waals surface area contributed by atoms with Gasteiger partial charge in [-0.3, -0.25) is 14.4 Å². The van der Waals surface area contributed by atoms with Crippen molar-refractivity contribution in [1.82, 2.24) is 25.2 Å². The van der Waals surface area contributed by atoms with Gasteiger partial charge in [-0.2, -0.15) is 5.26 Å². The molecule has 146 valence electrons. The quantitative estimate of drug-likeness (QED) is 0.645. The van der Waals surface area contributed by atoms with E-state index in [4.69, 9.17) is 0 Å². The lowest BCUT2D eigenvalue weighted by Crippen LogP contribution is -2.43. The van der Waals surface area contributed by atoms with Crippen molar-refractivity contribution in [1.29, 1.82) is 5.26 Å². The number of fused-ring (bicyclic) bond motifs is 1. The maximum absolute atomic E-state index is 13.0. The normalized spacial score (nSPS) is 21.1. The minimum Gasteiger partial charge on any atom is -0.356 e. The van der Waals surface area contributed by atoms with Gasteiger partial charge in [0.1, 0.15) is 12.1 Å². The molecule has 1 aliphatic heterocycles. The highest BCUT2D eigenvalue weighted by Gasteiger charge is 2.33. The predicted molar refractivity (Wildman–Crippen MR) is 100 cm³/mol. The van der Waals surface area contributed by atoms with Crippen LogP contribution in [0.1, 0.15) is 38.1 Å². The van der Waals surface area contributed by atoms with Crippen molar-refractivity contribution in [2.45, 2.75) is 44.2 Å². The number of hydrogen-bond donors (Lipinski definition) is 3.